The Morgan fingerprint density at radius 1 is 0.133 bits per heavy atom. The van der Waals surface area contributed by atoms with Crippen LogP contribution >= 0.6 is 0 Å². The molecule has 0 bridgehead atoms. The summed E-state index contributed by atoms with van der Waals surface area (Å²) < 4.78 is 0. The second-order valence-electron chi connectivity index (χ2n) is 0. The van der Waals surface area contributed by atoms with Crippen molar-refractivity contribution in [3.05, 3.63) is 0 Å². The number of hydrogen-bond donors (Lipinski definition) is 0. The van der Waals surface area contributed by atoms with Gasteiger partial charge in [-0.15, -0.1) is 0 Å². The molecule has 0 unspecified atom stereocenters. The molecule has 0 aliphatic carbocycles. The van der Waals surface area contributed by atoms with E-state index in [0.717, 1.165) is 0 Å². The Balaban J connectivity index is 0. The molecule has 0 rings (SSSR count). The Morgan fingerprint density at radius 2 is 0.133 bits per heavy atom. The summed E-state index contributed by atoms with van der Waals surface area (Å²) in [6, 6.07) is 0. The molecule has 0 aromatic heterocycles. The Kier molecular flexibility index (Phi) is 31500. The van der Waals surface area contributed by atoms with Gasteiger partial charge in [0.1, 0.15) is 0 Å². The van der Waals surface area contributed by atoms with Crippen molar-refractivity contribution in [2.45, 2.75) is 0 Å². The van der Waals surface area contributed by atoms with Gasteiger partial charge in [-0.25, -0.2) is 0 Å². The molecular weight excluding hydrogens is 261 g/mol. The number of hydrogen-bond acceptors (Lipinski definition) is 0. The molecule has 15 heteroatoms. The van der Waals surface area contributed by atoms with Crippen LogP contribution in [0.4, 0.5) is 0 Å². The van der Waals surface area contributed by atoms with Crippen LogP contribution in [0.5, 0.6) is 0 Å². The Hall–Kier alpha value is 2.52. The van der Waals surface area contributed by atoms with Gasteiger partial charge in [0.25, 0.3) is 0 Å². The molecule has 0 heterocycles. The van der Waals surface area contributed by atoms with Crippen molar-refractivity contribution in [3.63, 3.8) is 0 Å². The summed E-state index contributed by atoms with van der Waals surface area (Å²) in [5.41, 5.74) is 0. The zero-order valence-corrected chi connectivity index (χ0v) is 6.00. The molecule has 0 aliphatic rings. The van der Waals surface area contributed by atoms with Gasteiger partial charge in [0, 0.05) is 0 Å². The molecule has 0 aromatic carbocycles. The van der Waals surface area contributed by atoms with Crippen LogP contribution in [0.25, 0.3) is 0 Å². The third kappa shape index (κ3) is 548. The van der Waals surface area contributed by atoms with Gasteiger partial charge in [-0.1, -0.05) is 0 Å². The molecule has 0 amide bonds. The minimum atomic E-state index is 0. The average molecular weight is 288 g/mol. The Bertz CT molecular complexity index is 10.8. The fourth-order valence-corrected chi connectivity index (χ4v) is 0. The third-order valence-corrected chi connectivity index (χ3v) is 0. The van der Waals surface area contributed by atoms with Gasteiger partial charge in [-0.05, 0) is 0 Å². The van der Waals surface area contributed by atoms with Crippen molar-refractivity contribution in [3.8, 4) is 0 Å². The van der Waals surface area contributed by atoms with Crippen LogP contribution in [-0.2, 0) is 0 Å². The summed E-state index contributed by atoms with van der Waals surface area (Å²) in [5.74, 6) is 0. The molecule has 0 spiro atoms. The van der Waals surface area contributed by atoms with Crippen LogP contribution in [-0.4, -0.2) is 154 Å². The van der Waals surface area contributed by atoms with E-state index in [2.05, 4.69) is 0 Å². The van der Waals surface area contributed by atoms with E-state index < -0.39 is 0 Å². The molecule has 0 atom stereocenters. The average Bonchev–Trinajstić information content (AvgIpc) is 0. The topological polar surface area (TPSA) is 378 Å². The van der Waals surface area contributed by atoms with Crippen LogP contribution in [0.3, 0.4) is 0 Å². The molecule has 0 saturated heterocycles. The van der Waals surface area contributed by atoms with E-state index in [-0.39, 0.29) is 154 Å². The summed E-state index contributed by atoms with van der Waals surface area (Å²) in [4.78, 5) is 0. The second kappa shape index (κ2) is 627. The molecule has 0 aromatic rings. The first kappa shape index (κ1) is 753. The summed E-state index contributed by atoms with van der Waals surface area (Å²) >= 11 is 0. The van der Waals surface area contributed by atoms with Crippen LogP contribution in [0, 0.1) is 0 Å². The van der Waals surface area contributed by atoms with Gasteiger partial charge in [-0.3, -0.25) is 0 Å². The standard InChI is InChI=1S/3Na.12H2O.3H/h;;;12*1H2;;;. The molecule has 24 N–H and O–H groups in total. The van der Waals surface area contributed by atoms with Gasteiger partial charge in [0.2, 0.25) is 0 Å². The first-order chi connectivity index (χ1) is 0. The first-order valence-electron chi connectivity index (χ1n) is 0. The molecule has 12 nitrogen and oxygen atoms in total. The van der Waals surface area contributed by atoms with Crippen molar-refractivity contribution in [1.82, 2.24) is 0 Å². The van der Waals surface area contributed by atoms with E-state index in [1.165, 1.54) is 0 Å². The maximum atomic E-state index is 0. The van der Waals surface area contributed by atoms with Crippen LogP contribution in [0.2, 0.25) is 0 Å². The molecule has 102 valence electrons. The zero-order valence-electron chi connectivity index (χ0n) is 6.00. The normalized spacial score (nSPS) is 0. The molecule has 0 fully saturated rings. The number of rotatable bonds is 0. The predicted octanol–water partition coefficient (Wildman–Crippen LogP) is -11.8. The monoisotopic (exact) mass is 288 g/mol. The van der Waals surface area contributed by atoms with Gasteiger partial charge < -0.3 is 65.7 Å². The van der Waals surface area contributed by atoms with Gasteiger partial charge >= 0.3 is 88.7 Å². The molecular formula is H27Na3O12. The Labute approximate surface area is 152 Å². The van der Waals surface area contributed by atoms with E-state index in [9.17, 15) is 0 Å². The van der Waals surface area contributed by atoms with Crippen molar-refractivity contribution in [1.29, 1.82) is 0 Å². The van der Waals surface area contributed by atoms with Crippen molar-refractivity contribution < 1.29 is 65.7 Å². The molecule has 15 heavy (non-hydrogen) atoms. The van der Waals surface area contributed by atoms with E-state index in [1.807, 2.05) is 0 Å². The molecule has 0 saturated carbocycles. The van der Waals surface area contributed by atoms with Crippen molar-refractivity contribution in [2.24, 2.45) is 0 Å². The zero-order chi connectivity index (χ0) is 0. The molecule has 0 radical (unpaired) electrons. The van der Waals surface area contributed by atoms with Gasteiger partial charge in [-0.2, -0.15) is 0 Å². The quantitative estimate of drug-likeness (QED) is 0.374. The van der Waals surface area contributed by atoms with Crippen LogP contribution < -0.4 is 0 Å². The fraction of sp³-hybridized carbons (Fsp3) is 0. The van der Waals surface area contributed by atoms with E-state index in [1.54, 1.807) is 0 Å². The summed E-state index contributed by atoms with van der Waals surface area (Å²) in [6.45, 7) is 0. The van der Waals surface area contributed by atoms with Crippen LogP contribution in [0.1, 0.15) is 0 Å². The summed E-state index contributed by atoms with van der Waals surface area (Å²) in [6.07, 6.45) is 0. The molecule has 0 aliphatic heterocycles. The van der Waals surface area contributed by atoms with E-state index >= 15 is 0 Å². The fourth-order valence-electron chi connectivity index (χ4n) is 0. The summed E-state index contributed by atoms with van der Waals surface area (Å²) in [5, 5.41) is 0. The van der Waals surface area contributed by atoms with E-state index in [4.69, 9.17) is 0 Å². The summed E-state index contributed by atoms with van der Waals surface area (Å²) in [7, 11) is 0. The van der Waals surface area contributed by atoms with Crippen molar-refractivity contribution in [2.75, 3.05) is 0 Å². The Morgan fingerprint density at radius 3 is 0.133 bits per heavy atom. The van der Waals surface area contributed by atoms with Crippen molar-refractivity contribution >= 4 is 88.7 Å². The first-order valence-corrected chi connectivity index (χ1v) is 0. The van der Waals surface area contributed by atoms with Gasteiger partial charge in [0.05, 0.1) is 0 Å². The van der Waals surface area contributed by atoms with Gasteiger partial charge in [0.15, 0.2) is 0 Å². The second-order valence-corrected chi connectivity index (χ2v) is 0. The van der Waals surface area contributed by atoms with Crippen LogP contribution in [0.15, 0.2) is 0 Å². The SMILES string of the molecule is O.O.O.O.O.O.O.O.O.O.O.O.[NaH].[NaH].[NaH]. The van der Waals surface area contributed by atoms with E-state index in [0.29, 0.717) is 0 Å². The maximum absolute atomic E-state index is 0. The minimum absolute atomic E-state index is 0. The third-order valence-electron chi connectivity index (χ3n) is 0. The predicted molar refractivity (Wildman–Crippen MR) is 64.8 cm³/mol.